The Hall–Kier alpha value is -2.08. The van der Waals surface area contributed by atoms with Crippen molar-refractivity contribution in [1.29, 1.82) is 0 Å². The molecule has 140 valence electrons. The summed E-state index contributed by atoms with van der Waals surface area (Å²) in [5.41, 5.74) is 1.71. The number of hydrogen-bond donors (Lipinski definition) is 0. The maximum Gasteiger partial charge on any atom is 0.246 e. The zero-order valence-electron chi connectivity index (χ0n) is 14.5. The monoisotopic (exact) mass is 423 g/mol. The lowest BCUT2D eigenvalue weighted by Gasteiger charge is -2.14. The molecule has 27 heavy (non-hydrogen) atoms. The van der Waals surface area contributed by atoms with Crippen LogP contribution in [-0.2, 0) is 17.8 Å². The molecule has 0 N–H and O–H groups in total. The lowest BCUT2D eigenvalue weighted by Crippen LogP contribution is -2.26. The molecule has 0 aliphatic carbocycles. The van der Waals surface area contributed by atoms with Gasteiger partial charge >= 0.3 is 0 Å². The Bertz CT molecular complexity index is 959. The average molecular weight is 425 g/mol. The van der Waals surface area contributed by atoms with Gasteiger partial charge < -0.3 is 9.42 Å². The zero-order valence-corrected chi connectivity index (χ0v) is 16.7. The van der Waals surface area contributed by atoms with Crippen LogP contribution in [0.25, 0.3) is 11.4 Å². The Morgan fingerprint density at radius 1 is 1.11 bits per heavy atom. The SMILES string of the molecule is CN(Cc1nc(-c2cccc(Cl)c2)no1)C(=O)CCc1ccc(Cl)c(Cl)c1. The van der Waals surface area contributed by atoms with E-state index < -0.39 is 0 Å². The van der Waals surface area contributed by atoms with Crippen molar-refractivity contribution in [2.75, 3.05) is 7.05 Å². The number of hydrogen-bond acceptors (Lipinski definition) is 4. The van der Waals surface area contributed by atoms with Gasteiger partial charge in [0.2, 0.25) is 17.6 Å². The van der Waals surface area contributed by atoms with Gasteiger partial charge in [-0.15, -0.1) is 0 Å². The van der Waals surface area contributed by atoms with Gasteiger partial charge in [-0.25, -0.2) is 0 Å². The molecule has 0 spiro atoms. The van der Waals surface area contributed by atoms with Gasteiger partial charge in [0.25, 0.3) is 0 Å². The van der Waals surface area contributed by atoms with E-state index in [4.69, 9.17) is 39.3 Å². The number of aryl methyl sites for hydroxylation is 1. The summed E-state index contributed by atoms with van der Waals surface area (Å²) in [6.45, 7) is 0.230. The molecule has 8 heteroatoms. The minimum Gasteiger partial charge on any atom is -0.337 e. The molecule has 5 nitrogen and oxygen atoms in total. The molecule has 0 aliphatic heterocycles. The number of nitrogens with zero attached hydrogens (tertiary/aromatic N) is 3. The van der Waals surface area contributed by atoms with Gasteiger partial charge in [-0.05, 0) is 36.2 Å². The first kappa shape index (κ1) is 19.7. The molecule has 0 radical (unpaired) electrons. The molecule has 1 amide bonds. The molecule has 2 aromatic carbocycles. The van der Waals surface area contributed by atoms with E-state index in [1.54, 1.807) is 36.2 Å². The van der Waals surface area contributed by atoms with Gasteiger partial charge in [0, 0.05) is 24.1 Å². The second-order valence-electron chi connectivity index (χ2n) is 6.02. The summed E-state index contributed by atoms with van der Waals surface area (Å²) in [6.07, 6.45) is 0.904. The van der Waals surface area contributed by atoms with Crippen LogP contribution in [-0.4, -0.2) is 28.0 Å². The minimum absolute atomic E-state index is 0.0384. The largest absolute Gasteiger partial charge is 0.337 e. The summed E-state index contributed by atoms with van der Waals surface area (Å²) in [6, 6.07) is 12.5. The molecule has 1 aromatic heterocycles. The standard InChI is InChI=1S/C19H16Cl3N3O2/c1-25(18(26)8-6-12-5-7-15(21)16(22)9-12)11-17-23-19(24-27-17)13-3-2-4-14(20)10-13/h2-5,7,9-10H,6,8,11H2,1H3. The maximum absolute atomic E-state index is 12.4. The lowest BCUT2D eigenvalue weighted by molar-refractivity contribution is -0.130. The van der Waals surface area contributed by atoms with Gasteiger partial charge in [0.1, 0.15) is 0 Å². The Kier molecular flexibility index (Phi) is 6.37. The van der Waals surface area contributed by atoms with Crippen LogP contribution >= 0.6 is 34.8 Å². The van der Waals surface area contributed by atoms with Crippen molar-refractivity contribution in [3.8, 4) is 11.4 Å². The number of halogens is 3. The van der Waals surface area contributed by atoms with Gasteiger partial charge in [-0.1, -0.05) is 58.2 Å². The number of carbonyl (C=O) groups is 1. The second kappa shape index (κ2) is 8.74. The first-order valence-electron chi connectivity index (χ1n) is 8.19. The summed E-state index contributed by atoms with van der Waals surface area (Å²) >= 11 is 17.9. The summed E-state index contributed by atoms with van der Waals surface area (Å²) < 4.78 is 5.24. The summed E-state index contributed by atoms with van der Waals surface area (Å²) in [7, 11) is 1.69. The molecule has 0 bridgehead atoms. The highest BCUT2D eigenvalue weighted by molar-refractivity contribution is 6.42. The fraction of sp³-hybridized carbons (Fsp3) is 0.211. The van der Waals surface area contributed by atoms with E-state index >= 15 is 0 Å². The van der Waals surface area contributed by atoms with E-state index in [-0.39, 0.29) is 12.5 Å². The molecule has 1 heterocycles. The van der Waals surface area contributed by atoms with Crippen molar-refractivity contribution in [2.24, 2.45) is 0 Å². The minimum atomic E-state index is -0.0384. The van der Waals surface area contributed by atoms with E-state index in [1.807, 2.05) is 18.2 Å². The fourth-order valence-corrected chi connectivity index (χ4v) is 3.00. The van der Waals surface area contributed by atoms with E-state index in [0.29, 0.717) is 39.6 Å². The number of aromatic nitrogens is 2. The molecular formula is C19H16Cl3N3O2. The Morgan fingerprint density at radius 2 is 1.93 bits per heavy atom. The normalized spacial score (nSPS) is 10.8. The Balaban J connectivity index is 1.57. The highest BCUT2D eigenvalue weighted by Gasteiger charge is 2.15. The first-order chi connectivity index (χ1) is 12.9. The topological polar surface area (TPSA) is 59.2 Å². The van der Waals surface area contributed by atoms with Crippen molar-refractivity contribution < 1.29 is 9.32 Å². The lowest BCUT2D eigenvalue weighted by atomic mass is 10.1. The van der Waals surface area contributed by atoms with Crippen LogP contribution < -0.4 is 0 Å². The van der Waals surface area contributed by atoms with E-state index in [2.05, 4.69) is 10.1 Å². The van der Waals surface area contributed by atoms with Gasteiger partial charge in [-0.2, -0.15) is 4.98 Å². The second-order valence-corrected chi connectivity index (χ2v) is 7.27. The van der Waals surface area contributed by atoms with E-state index in [0.717, 1.165) is 11.1 Å². The molecule has 0 saturated carbocycles. The van der Waals surface area contributed by atoms with Crippen molar-refractivity contribution in [3.05, 3.63) is 69.0 Å². The van der Waals surface area contributed by atoms with Crippen LogP contribution in [0.5, 0.6) is 0 Å². The van der Waals surface area contributed by atoms with Crippen LogP contribution in [0.1, 0.15) is 17.9 Å². The molecule has 0 unspecified atom stereocenters. The predicted octanol–water partition coefficient (Wildman–Crippen LogP) is 5.29. The van der Waals surface area contributed by atoms with Crippen LogP contribution in [0, 0.1) is 0 Å². The highest BCUT2D eigenvalue weighted by atomic mass is 35.5. The van der Waals surface area contributed by atoms with Gasteiger partial charge in [0.15, 0.2) is 0 Å². The molecule has 0 saturated heterocycles. The third-order valence-corrected chi connectivity index (χ3v) is 4.93. The predicted molar refractivity (Wildman–Crippen MR) is 106 cm³/mol. The molecule has 0 fully saturated rings. The highest BCUT2D eigenvalue weighted by Crippen LogP contribution is 2.23. The Labute approximate surface area is 171 Å². The summed E-state index contributed by atoms with van der Waals surface area (Å²) in [5, 5.41) is 5.51. The average Bonchev–Trinajstić information content (AvgIpc) is 3.11. The summed E-state index contributed by atoms with van der Waals surface area (Å²) in [5.74, 6) is 0.753. The molecule has 3 rings (SSSR count). The van der Waals surface area contributed by atoms with Crippen LogP contribution in [0.3, 0.4) is 0 Å². The molecular weight excluding hydrogens is 409 g/mol. The van der Waals surface area contributed by atoms with Gasteiger partial charge in [0.05, 0.1) is 16.6 Å². The third kappa shape index (κ3) is 5.22. The molecule has 0 aliphatic rings. The number of amides is 1. The smallest absolute Gasteiger partial charge is 0.246 e. The fourth-order valence-electron chi connectivity index (χ4n) is 2.49. The van der Waals surface area contributed by atoms with Crippen molar-refractivity contribution in [1.82, 2.24) is 15.0 Å². The Morgan fingerprint density at radius 3 is 2.67 bits per heavy atom. The maximum atomic E-state index is 12.4. The first-order valence-corrected chi connectivity index (χ1v) is 9.32. The van der Waals surface area contributed by atoms with E-state index in [1.165, 1.54) is 0 Å². The quantitative estimate of drug-likeness (QED) is 0.539. The van der Waals surface area contributed by atoms with Crippen LogP contribution in [0.4, 0.5) is 0 Å². The van der Waals surface area contributed by atoms with Crippen molar-refractivity contribution >= 4 is 40.7 Å². The van der Waals surface area contributed by atoms with Crippen molar-refractivity contribution in [3.63, 3.8) is 0 Å². The van der Waals surface area contributed by atoms with Crippen LogP contribution in [0.2, 0.25) is 15.1 Å². The number of benzene rings is 2. The zero-order chi connectivity index (χ0) is 19.4. The number of carbonyl (C=O) groups excluding carboxylic acids is 1. The van der Waals surface area contributed by atoms with Crippen LogP contribution in [0.15, 0.2) is 47.0 Å². The van der Waals surface area contributed by atoms with Crippen molar-refractivity contribution in [2.45, 2.75) is 19.4 Å². The van der Waals surface area contributed by atoms with E-state index in [9.17, 15) is 4.79 Å². The molecule has 3 aromatic rings. The number of rotatable bonds is 6. The third-order valence-electron chi connectivity index (χ3n) is 3.96. The molecule has 0 atom stereocenters. The summed E-state index contributed by atoms with van der Waals surface area (Å²) in [4.78, 5) is 18.2. The van der Waals surface area contributed by atoms with Gasteiger partial charge in [-0.3, -0.25) is 4.79 Å².